The average Bonchev–Trinajstić information content (AvgIpc) is 4.01. The molecular formula is C47H48N2O11. The highest BCUT2D eigenvalue weighted by molar-refractivity contribution is 6.11. The lowest BCUT2D eigenvalue weighted by atomic mass is 9.87. The van der Waals surface area contributed by atoms with Crippen LogP contribution in [0.3, 0.4) is 0 Å². The van der Waals surface area contributed by atoms with Crippen molar-refractivity contribution in [3.63, 3.8) is 0 Å². The van der Waals surface area contributed by atoms with Crippen LogP contribution in [0.5, 0.6) is 17.2 Å². The van der Waals surface area contributed by atoms with Crippen LogP contribution in [0.1, 0.15) is 86.6 Å². The number of nitrogens with zero attached hydrogens (tertiary/aromatic N) is 1. The molecule has 0 spiro atoms. The Morgan fingerprint density at radius 3 is 2.68 bits per heavy atom. The Kier molecular flexibility index (Phi) is 11.1. The van der Waals surface area contributed by atoms with E-state index in [1.807, 2.05) is 30.5 Å². The predicted octanol–water partition coefficient (Wildman–Crippen LogP) is 5.40. The van der Waals surface area contributed by atoms with E-state index in [2.05, 4.69) is 23.1 Å². The summed E-state index contributed by atoms with van der Waals surface area (Å²) in [7, 11) is 1.50. The first-order valence-corrected chi connectivity index (χ1v) is 20.6. The lowest BCUT2D eigenvalue weighted by molar-refractivity contribution is -0.279. The molecule has 4 aliphatic rings. The second-order valence-electron chi connectivity index (χ2n) is 16.1. The van der Waals surface area contributed by atoms with Gasteiger partial charge in [0.2, 0.25) is 6.29 Å². The van der Waals surface area contributed by atoms with Crippen LogP contribution < -0.4 is 9.47 Å². The molecular weight excluding hydrogens is 769 g/mol. The van der Waals surface area contributed by atoms with Gasteiger partial charge in [0.1, 0.15) is 35.6 Å². The lowest BCUT2D eigenvalue weighted by Crippen LogP contribution is -2.60. The summed E-state index contributed by atoms with van der Waals surface area (Å²) in [5, 5.41) is 46.8. The maximum absolute atomic E-state index is 14.5. The van der Waals surface area contributed by atoms with E-state index in [1.165, 1.54) is 12.0 Å². The molecule has 312 valence electrons. The summed E-state index contributed by atoms with van der Waals surface area (Å²) in [5.74, 6) is 2.47. The number of aliphatic hydroxyl groups is 3. The molecule has 5 N–H and O–H groups in total. The van der Waals surface area contributed by atoms with Crippen LogP contribution in [-0.2, 0) is 40.2 Å². The second kappa shape index (κ2) is 16.8. The van der Waals surface area contributed by atoms with Gasteiger partial charge in [-0.15, -0.1) is 0 Å². The number of hydrogen-bond acceptors (Lipinski definition) is 11. The number of methoxy groups -OCH3 is 1. The molecule has 13 nitrogen and oxygen atoms in total. The summed E-state index contributed by atoms with van der Waals surface area (Å²) in [4.78, 5) is 33.0. The Morgan fingerprint density at radius 1 is 1.02 bits per heavy atom. The zero-order valence-corrected chi connectivity index (χ0v) is 33.3. The zero-order valence-electron chi connectivity index (χ0n) is 33.3. The lowest BCUT2D eigenvalue weighted by Gasteiger charge is -2.41. The molecule has 6 bridgehead atoms. The van der Waals surface area contributed by atoms with Crippen LogP contribution in [0, 0.1) is 12.0 Å². The number of phenolic OH excluding ortho intramolecular Hbond substituents is 1. The number of benzene rings is 4. The first kappa shape index (κ1) is 39.8. The van der Waals surface area contributed by atoms with Crippen LogP contribution >= 0.6 is 0 Å². The standard InChI is InChI=1S/C47H48N2O11/c1-56-31-18-29-19-34(27-8-2-3-9-27)41-37(51)23-49-22-35-28(10-4-12-32(35)46(49)55)11-6-16-58-45-42(52)39(60-47(44(45)54)59-38(20-31)40(29)43(41)53)25-57-24-30-21-48-36-14-13-26(7-5-15-50)17-33(30)36/h4,10,12-14,17-21,27,39,42,44-45,47-48,50,52-54H,2-3,5,7-9,11,15,22-25H2,1H3. The van der Waals surface area contributed by atoms with Crippen LogP contribution in [0.4, 0.5) is 0 Å². The minimum absolute atomic E-state index is 0.0190. The Hall–Kier alpha value is -5.62. The molecule has 5 aromatic rings. The van der Waals surface area contributed by atoms with Crippen molar-refractivity contribution in [2.24, 2.45) is 0 Å². The van der Waals surface area contributed by atoms with Crippen molar-refractivity contribution in [1.29, 1.82) is 0 Å². The summed E-state index contributed by atoms with van der Waals surface area (Å²) >= 11 is 0. The van der Waals surface area contributed by atoms with E-state index >= 15 is 0 Å². The van der Waals surface area contributed by atoms with Crippen molar-refractivity contribution < 1.29 is 53.7 Å². The number of hydrogen-bond donors (Lipinski definition) is 5. The molecule has 4 heterocycles. The summed E-state index contributed by atoms with van der Waals surface area (Å²) in [6.45, 7) is 0.106. The minimum Gasteiger partial charge on any atom is -0.506 e. The smallest absolute Gasteiger partial charge is 0.254 e. The Bertz CT molecular complexity index is 2510. The quantitative estimate of drug-likeness (QED) is 0.120. The number of amides is 1. The Balaban J connectivity index is 1.09. The van der Waals surface area contributed by atoms with E-state index in [1.54, 1.807) is 24.3 Å². The van der Waals surface area contributed by atoms with Crippen molar-refractivity contribution in [3.05, 3.63) is 99.7 Å². The Labute approximate surface area is 346 Å². The third-order valence-electron chi connectivity index (χ3n) is 12.4. The average molecular weight is 817 g/mol. The first-order chi connectivity index (χ1) is 29.2. The third-order valence-corrected chi connectivity index (χ3v) is 12.4. The molecule has 9 rings (SSSR count). The number of aromatic nitrogens is 1. The molecule has 3 aliphatic heterocycles. The number of H-pyrrole nitrogens is 1. The zero-order chi connectivity index (χ0) is 41.5. The fourth-order valence-corrected chi connectivity index (χ4v) is 9.25. The number of fused-ring (bicyclic) bond motifs is 5. The van der Waals surface area contributed by atoms with Gasteiger partial charge in [-0.25, -0.2) is 0 Å². The van der Waals surface area contributed by atoms with E-state index in [4.69, 9.17) is 23.7 Å². The summed E-state index contributed by atoms with van der Waals surface area (Å²) in [6, 6.07) is 16.6. The van der Waals surface area contributed by atoms with Crippen LogP contribution in [0.15, 0.2) is 60.8 Å². The van der Waals surface area contributed by atoms with E-state index in [9.17, 15) is 30.0 Å². The second-order valence-corrected chi connectivity index (χ2v) is 16.1. The number of aryl methyl sites for hydroxylation is 1. The third kappa shape index (κ3) is 7.43. The van der Waals surface area contributed by atoms with Gasteiger partial charge in [0.25, 0.3) is 5.91 Å². The van der Waals surface area contributed by atoms with Gasteiger partial charge >= 0.3 is 0 Å². The number of carbonyl (C=O) groups excluding carboxylic acids is 2. The molecule has 5 unspecified atom stereocenters. The Morgan fingerprint density at radius 2 is 1.87 bits per heavy atom. The number of rotatable bonds is 9. The van der Waals surface area contributed by atoms with Gasteiger partial charge in [-0.1, -0.05) is 37.0 Å². The molecule has 1 aromatic heterocycles. The SMILES string of the molecule is COc1cc2c3c(O)c(c(C4CCCC4)cc3c1)C(=O)CN1Cc3c(cccc3C1=O)CC#COC1C(O)C(COCc3c[nH]c4ccc(CCCO)cc34)OC(O2)C1O. The number of ketones is 1. The number of nitrogens with one attached hydrogen (secondary N) is 1. The summed E-state index contributed by atoms with van der Waals surface area (Å²) in [6.07, 6.45) is 2.95. The van der Waals surface area contributed by atoms with E-state index in [0.29, 0.717) is 28.7 Å². The number of phenols is 1. The highest BCUT2D eigenvalue weighted by atomic mass is 16.7. The number of carbonyl (C=O) groups is 2. The topological polar surface area (TPSA) is 180 Å². The number of aromatic hydroxyl groups is 1. The van der Waals surface area contributed by atoms with Crippen LogP contribution in [0.2, 0.25) is 0 Å². The highest BCUT2D eigenvalue weighted by Gasteiger charge is 2.48. The van der Waals surface area contributed by atoms with Gasteiger partial charge in [-0.05, 0) is 89.6 Å². The normalized spacial score (nSPS) is 23.0. The van der Waals surface area contributed by atoms with Gasteiger partial charge in [0, 0.05) is 53.9 Å². The number of Topliss-reactive ketones (excluding diaryl/α,β-unsaturated/α-hetero) is 1. The maximum atomic E-state index is 14.5. The summed E-state index contributed by atoms with van der Waals surface area (Å²) in [5.41, 5.74) is 5.77. The van der Waals surface area contributed by atoms with Crippen molar-refractivity contribution in [1.82, 2.24) is 9.88 Å². The van der Waals surface area contributed by atoms with Gasteiger partial charge in [0.05, 0.1) is 37.8 Å². The fraction of sp³-hybridized carbons (Fsp3) is 0.404. The highest BCUT2D eigenvalue weighted by Crippen LogP contribution is 2.47. The molecule has 1 saturated heterocycles. The minimum atomic E-state index is -1.58. The van der Waals surface area contributed by atoms with E-state index in [-0.39, 0.29) is 73.6 Å². The van der Waals surface area contributed by atoms with Crippen molar-refractivity contribution in [2.45, 2.75) is 94.7 Å². The van der Waals surface area contributed by atoms with E-state index < -0.39 is 36.5 Å². The fourth-order valence-electron chi connectivity index (χ4n) is 9.25. The van der Waals surface area contributed by atoms with E-state index in [0.717, 1.165) is 65.3 Å². The largest absolute Gasteiger partial charge is 0.506 e. The molecule has 13 heteroatoms. The van der Waals surface area contributed by atoms with Crippen molar-refractivity contribution >= 4 is 33.4 Å². The van der Waals surface area contributed by atoms with Crippen molar-refractivity contribution in [2.75, 3.05) is 26.9 Å². The number of aromatic amines is 1. The van der Waals surface area contributed by atoms with Gasteiger partial charge in [-0.3, -0.25) is 9.59 Å². The molecule has 5 atom stereocenters. The van der Waals surface area contributed by atoms with Gasteiger partial charge < -0.3 is 54.0 Å². The van der Waals surface area contributed by atoms with Gasteiger partial charge in [-0.2, -0.15) is 0 Å². The monoisotopic (exact) mass is 816 g/mol. The molecule has 0 radical (unpaired) electrons. The number of ether oxygens (including phenoxy) is 5. The molecule has 60 heavy (non-hydrogen) atoms. The predicted molar refractivity (Wildman–Crippen MR) is 220 cm³/mol. The molecule has 1 amide bonds. The van der Waals surface area contributed by atoms with Crippen LogP contribution in [0.25, 0.3) is 21.7 Å². The summed E-state index contributed by atoms with van der Waals surface area (Å²) < 4.78 is 30.5. The molecule has 1 saturated carbocycles. The molecule has 1 aliphatic carbocycles. The van der Waals surface area contributed by atoms with Crippen molar-refractivity contribution in [3.8, 4) is 29.3 Å². The van der Waals surface area contributed by atoms with Crippen LogP contribution in [-0.4, -0.2) is 99.6 Å². The first-order valence-electron chi connectivity index (χ1n) is 20.6. The number of aliphatic hydroxyl groups excluding tert-OH is 3. The molecule has 2 fully saturated rings. The van der Waals surface area contributed by atoms with Gasteiger partial charge in [0.15, 0.2) is 18.0 Å². The maximum Gasteiger partial charge on any atom is 0.254 e. The molecule has 4 aromatic carbocycles.